The Morgan fingerprint density at radius 3 is 2.00 bits per heavy atom. The van der Waals surface area contributed by atoms with E-state index in [9.17, 15) is 27.9 Å². The minimum atomic E-state index is -4.39. The van der Waals surface area contributed by atoms with E-state index in [-0.39, 0.29) is 25.1 Å². The van der Waals surface area contributed by atoms with E-state index in [4.69, 9.17) is 9.47 Å². The molecule has 0 radical (unpaired) electrons. The Kier molecular flexibility index (Phi) is 7.16. The lowest BCUT2D eigenvalue weighted by Crippen LogP contribution is -2.61. The van der Waals surface area contributed by atoms with Crippen LogP contribution in [0, 0.1) is 0 Å². The zero-order valence-corrected chi connectivity index (χ0v) is 21.0. The lowest BCUT2D eigenvalue weighted by molar-refractivity contribution is -0.137. The summed E-state index contributed by atoms with van der Waals surface area (Å²) in [5, 5.41) is 10.9. The number of ether oxygens (including phenoxy) is 2. The van der Waals surface area contributed by atoms with Crippen molar-refractivity contribution in [3.05, 3.63) is 65.2 Å². The van der Waals surface area contributed by atoms with Gasteiger partial charge in [0, 0.05) is 31.5 Å². The standard InChI is InChI=1S/C27H31F3N2O5/c1-25(2,3)37-24(34)32-16-26(35,17-32)19-6-4-18(5-7-19)23(33)31-14-12-22(13-15-31)36-21-10-8-20(9-11-21)27(28,29)30/h4-11,22,35H,12-17H2,1-3H3. The second kappa shape index (κ2) is 9.89. The number of aliphatic hydroxyl groups is 1. The topological polar surface area (TPSA) is 79.3 Å². The van der Waals surface area contributed by atoms with Crippen LogP contribution in [0.15, 0.2) is 48.5 Å². The van der Waals surface area contributed by atoms with Crippen LogP contribution in [0.1, 0.15) is 55.1 Å². The molecule has 0 aliphatic carbocycles. The van der Waals surface area contributed by atoms with Gasteiger partial charge in [-0.25, -0.2) is 4.79 Å². The number of nitrogens with zero attached hydrogens (tertiary/aromatic N) is 2. The zero-order valence-electron chi connectivity index (χ0n) is 21.0. The van der Waals surface area contributed by atoms with Gasteiger partial charge in [-0.1, -0.05) is 12.1 Å². The third-order valence-electron chi connectivity index (χ3n) is 6.44. The van der Waals surface area contributed by atoms with Gasteiger partial charge < -0.3 is 24.4 Å². The van der Waals surface area contributed by atoms with Gasteiger partial charge >= 0.3 is 12.3 Å². The fourth-order valence-corrected chi connectivity index (χ4v) is 4.42. The molecule has 2 aliphatic heterocycles. The maximum Gasteiger partial charge on any atom is 0.416 e. The van der Waals surface area contributed by atoms with E-state index >= 15 is 0 Å². The summed E-state index contributed by atoms with van der Waals surface area (Å²) in [6.07, 6.45) is -3.94. The van der Waals surface area contributed by atoms with Crippen LogP contribution in [0.5, 0.6) is 5.75 Å². The van der Waals surface area contributed by atoms with Crippen LogP contribution in [-0.4, -0.2) is 64.8 Å². The molecule has 7 nitrogen and oxygen atoms in total. The van der Waals surface area contributed by atoms with Gasteiger partial charge in [-0.3, -0.25) is 4.79 Å². The Bertz CT molecular complexity index is 1110. The Balaban J connectivity index is 1.27. The third-order valence-corrected chi connectivity index (χ3v) is 6.44. The summed E-state index contributed by atoms with van der Waals surface area (Å²) in [4.78, 5) is 28.3. The Labute approximate surface area is 213 Å². The molecular weight excluding hydrogens is 489 g/mol. The number of piperidine rings is 1. The molecule has 0 bridgehead atoms. The summed E-state index contributed by atoms with van der Waals surface area (Å²) in [5.41, 5.74) is -1.43. The molecule has 2 heterocycles. The number of amides is 2. The quantitative estimate of drug-likeness (QED) is 0.625. The SMILES string of the molecule is CC(C)(C)OC(=O)N1CC(O)(c2ccc(C(=O)N3CCC(Oc4ccc(C(F)(F)F)cc4)CC3)cc2)C1. The number of β-amino-alcohol motifs (C(OH)–C–C–N with tert-alkyl or cyclic N) is 1. The van der Waals surface area contributed by atoms with Gasteiger partial charge in [-0.05, 0) is 62.7 Å². The zero-order chi connectivity index (χ0) is 27.0. The highest BCUT2D eigenvalue weighted by atomic mass is 19.4. The molecule has 0 saturated carbocycles. The molecule has 4 rings (SSSR count). The van der Waals surface area contributed by atoms with Crippen LogP contribution in [-0.2, 0) is 16.5 Å². The number of hydrogen-bond acceptors (Lipinski definition) is 5. The van der Waals surface area contributed by atoms with Crippen molar-refractivity contribution in [3.8, 4) is 5.75 Å². The second-order valence-corrected chi connectivity index (χ2v) is 10.6. The first-order valence-electron chi connectivity index (χ1n) is 12.2. The molecule has 0 spiro atoms. The smallest absolute Gasteiger partial charge is 0.416 e. The number of hydrogen-bond donors (Lipinski definition) is 1. The number of alkyl halides is 3. The van der Waals surface area contributed by atoms with Crippen molar-refractivity contribution >= 4 is 12.0 Å². The van der Waals surface area contributed by atoms with Crippen LogP contribution in [0.4, 0.5) is 18.0 Å². The predicted molar refractivity (Wildman–Crippen MR) is 129 cm³/mol. The summed E-state index contributed by atoms with van der Waals surface area (Å²) in [7, 11) is 0. The van der Waals surface area contributed by atoms with Crippen LogP contribution < -0.4 is 4.74 Å². The van der Waals surface area contributed by atoms with Gasteiger partial charge in [0.15, 0.2) is 0 Å². The maximum atomic E-state index is 13.0. The molecule has 2 amide bonds. The summed E-state index contributed by atoms with van der Waals surface area (Å²) in [5.74, 6) is 0.225. The molecule has 0 atom stereocenters. The first-order valence-corrected chi connectivity index (χ1v) is 12.2. The fourth-order valence-electron chi connectivity index (χ4n) is 4.42. The highest BCUT2D eigenvalue weighted by Crippen LogP contribution is 2.34. The van der Waals surface area contributed by atoms with Crippen LogP contribution in [0.25, 0.3) is 0 Å². The number of benzene rings is 2. The van der Waals surface area contributed by atoms with E-state index in [0.717, 1.165) is 12.1 Å². The number of rotatable bonds is 4. The number of halogens is 3. The lowest BCUT2D eigenvalue weighted by atomic mass is 9.86. The molecule has 0 aromatic heterocycles. The van der Waals surface area contributed by atoms with Crippen LogP contribution in [0.3, 0.4) is 0 Å². The summed E-state index contributed by atoms with van der Waals surface area (Å²) in [6.45, 7) is 6.48. The summed E-state index contributed by atoms with van der Waals surface area (Å²) in [6, 6.07) is 11.3. The van der Waals surface area contributed by atoms with Crippen molar-refractivity contribution in [2.24, 2.45) is 0 Å². The van der Waals surface area contributed by atoms with Crippen molar-refractivity contribution in [2.45, 2.75) is 57.1 Å². The van der Waals surface area contributed by atoms with Crippen molar-refractivity contribution in [3.63, 3.8) is 0 Å². The predicted octanol–water partition coefficient (Wildman–Crippen LogP) is 4.83. The van der Waals surface area contributed by atoms with E-state index in [2.05, 4.69) is 0 Å². The van der Waals surface area contributed by atoms with Gasteiger partial charge in [0.05, 0.1) is 18.7 Å². The summed E-state index contributed by atoms with van der Waals surface area (Å²) < 4.78 is 49.3. The lowest BCUT2D eigenvalue weighted by Gasteiger charge is -2.46. The van der Waals surface area contributed by atoms with Crippen LogP contribution in [0.2, 0.25) is 0 Å². The third kappa shape index (κ3) is 6.36. The Morgan fingerprint density at radius 2 is 1.49 bits per heavy atom. The largest absolute Gasteiger partial charge is 0.490 e. The first-order chi connectivity index (χ1) is 17.2. The van der Waals surface area contributed by atoms with Crippen molar-refractivity contribution in [1.29, 1.82) is 0 Å². The summed E-state index contributed by atoms with van der Waals surface area (Å²) >= 11 is 0. The Morgan fingerprint density at radius 1 is 0.919 bits per heavy atom. The number of carbonyl (C=O) groups is 2. The highest BCUT2D eigenvalue weighted by Gasteiger charge is 2.46. The van der Waals surface area contributed by atoms with Gasteiger partial charge in [-0.15, -0.1) is 0 Å². The number of carbonyl (C=O) groups excluding carboxylic acids is 2. The van der Waals surface area contributed by atoms with Gasteiger partial charge in [0.25, 0.3) is 5.91 Å². The average molecular weight is 521 g/mol. The fraction of sp³-hybridized carbons (Fsp3) is 0.481. The van der Waals surface area contributed by atoms with Gasteiger partial charge in [-0.2, -0.15) is 13.2 Å². The minimum absolute atomic E-state index is 0.113. The van der Waals surface area contributed by atoms with E-state index in [1.54, 1.807) is 49.9 Å². The normalized spacial score (nSPS) is 18.2. The molecule has 2 aromatic carbocycles. The molecule has 1 N–H and O–H groups in total. The Hall–Kier alpha value is -3.27. The molecule has 2 fully saturated rings. The van der Waals surface area contributed by atoms with E-state index in [1.165, 1.54) is 17.0 Å². The first kappa shape index (κ1) is 26.8. The molecule has 200 valence electrons. The van der Waals surface area contributed by atoms with Crippen molar-refractivity contribution < 1.29 is 37.3 Å². The molecule has 0 unspecified atom stereocenters. The van der Waals surface area contributed by atoms with Crippen molar-refractivity contribution in [1.82, 2.24) is 9.80 Å². The van der Waals surface area contributed by atoms with E-state index < -0.39 is 29.0 Å². The van der Waals surface area contributed by atoms with Crippen molar-refractivity contribution in [2.75, 3.05) is 26.2 Å². The highest BCUT2D eigenvalue weighted by molar-refractivity contribution is 5.94. The number of likely N-dealkylation sites (tertiary alicyclic amines) is 2. The molecule has 10 heteroatoms. The maximum absolute atomic E-state index is 13.0. The molecule has 37 heavy (non-hydrogen) atoms. The molecule has 2 aliphatic rings. The van der Waals surface area contributed by atoms with E-state index in [0.29, 0.717) is 42.8 Å². The molecule has 2 aromatic rings. The monoisotopic (exact) mass is 520 g/mol. The van der Waals surface area contributed by atoms with Gasteiger partial charge in [0.2, 0.25) is 0 Å². The second-order valence-electron chi connectivity index (χ2n) is 10.6. The van der Waals surface area contributed by atoms with Gasteiger partial charge in [0.1, 0.15) is 23.1 Å². The van der Waals surface area contributed by atoms with E-state index in [1.807, 2.05) is 0 Å². The van der Waals surface area contributed by atoms with Crippen LogP contribution >= 0.6 is 0 Å². The molecular formula is C27H31F3N2O5. The molecule has 2 saturated heterocycles. The average Bonchev–Trinajstić information content (AvgIpc) is 2.81. The minimum Gasteiger partial charge on any atom is -0.490 e.